The minimum atomic E-state index is -0.590. The van der Waals surface area contributed by atoms with Gasteiger partial charge in [0.25, 0.3) is 0 Å². The molecule has 0 amide bonds. The summed E-state index contributed by atoms with van der Waals surface area (Å²) in [6.45, 7) is 2.38. The van der Waals surface area contributed by atoms with E-state index in [-0.39, 0.29) is 6.61 Å². The van der Waals surface area contributed by atoms with Crippen molar-refractivity contribution >= 4 is 0 Å². The summed E-state index contributed by atoms with van der Waals surface area (Å²) in [5, 5.41) is 27.4. The van der Waals surface area contributed by atoms with Gasteiger partial charge in [0.1, 0.15) is 0 Å². The Kier molecular flexibility index (Phi) is 12.8. The van der Waals surface area contributed by atoms with Gasteiger partial charge in [-0.1, -0.05) is 51.4 Å². The number of aliphatic hydroxyl groups excluding tert-OH is 2. The Labute approximate surface area is 119 Å². The molecule has 0 saturated heterocycles. The molecule has 0 aliphatic rings. The van der Waals surface area contributed by atoms with Gasteiger partial charge in [-0.05, 0) is 32.6 Å². The first-order valence-corrected chi connectivity index (χ1v) is 8.06. The lowest BCUT2D eigenvalue weighted by atomic mass is 9.93. The second kappa shape index (κ2) is 12.9. The van der Waals surface area contributed by atoms with Crippen LogP contribution in [0, 0.1) is 0 Å². The summed E-state index contributed by atoms with van der Waals surface area (Å²) < 4.78 is 0. The van der Waals surface area contributed by atoms with Crippen LogP contribution < -0.4 is 0 Å². The van der Waals surface area contributed by atoms with E-state index in [0.29, 0.717) is 19.4 Å². The van der Waals surface area contributed by atoms with Crippen LogP contribution in [0.1, 0.15) is 84.0 Å². The van der Waals surface area contributed by atoms with Crippen LogP contribution >= 0.6 is 0 Å². The largest absolute Gasteiger partial charge is 0.396 e. The van der Waals surface area contributed by atoms with Crippen LogP contribution in [0.5, 0.6) is 0 Å². The molecule has 0 aliphatic carbocycles. The second-order valence-electron chi connectivity index (χ2n) is 5.98. The van der Waals surface area contributed by atoms with Crippen molar-refractivity contribution in [1.29, 1.82) is 0 Å². The summed E-state index contributed by atoms with van der Waals surface area (Å²) in [4.78, 5) is 0. The lowest BCUT2D eigenvalue weighted by molar-refractivity contribution is 0.0326. The summed E-state index contributed by atoms with van der Waals surface area (Å²) in [6, 6.07) is 0. The predicted molar refractivity (Wildman–Crippen MR) is 80.2 cm³/mol. The summed E-state index contributed by atoms with van der Waals surface area (Å²) >= 11 is 0. The highest BCUT2D eigenvalue weighted by Crippen LogP contribution is 2.20. The fraction of sp³-hybridized carbons (Fsp3) is 1.00. The van der Waals surface area contributed by atoms with Crippen LogP contribution in [0.25, 0.3) is 0 Å². The van der Waals surface area contributed by atoms with Gasteiger partial charge in [0.05, 0.1) is 5.60 Å². The summed E-state index contributed by atoms with van der Waals surface area (Å²) in [7, 11) is 0. The Morgan fingerprint density at radius 2 is 0.947 bits per heavy atom. The number of unbranched alkanes of at least 4 members (excludes halogenated alkanes) is 8. The molecule has 0 aliphatic heterocycles. The molecule has 1 unspecified atom stereocenters. The zero-order valence-electron chi connectivity index (χ0n) is 12.7. The first kappa shape index (κ1) is 18.9. The van der Waals surface area contributed by atoms with E-state index in [0.717, 1.165) is 25.7 Å². The van der Waals surface area contributed by atoms with Crippen LogP contribution in [-0.2, 0) is 0 Å². The van der Waals surface area contributed by atoms with E-state index in [2.05, 4.69) is 0 Å². The van der Waals surface area contributed by atoms with Gasteiger partial charge < -0.3 is 15.3 Å². The summed E-state index contributed by atoms with van der Waals surface area (Å²) in [6.07, 6.45) is 13.0. The molecule has 0 bridgehead atoms. The van der Waals surface area contributed by atoms with Gasteiger partial charge in [0.2, 0.25) is 0 Å². The van der Waals surface area contributed by atoms with Crippen molar-refractivity contribution in [3.05, 3.63) is 0 Å². The first-order chi connectivity index (χ1) is 9.12. The Bertz CT molecular complexity index is 181. The maximum atomic E-state index is 10.0. The van der Waals surface area contributed by atoms with E-state index >= 15 is 0 Å². The molecule has 0 heterocycles. The molecule has 0 aromatic rings. The maximum Gasteiger partial charge on any atom is 0.0620 e. The molecule has 0 rings (SSSR count). The molecule has 3 heteroatoms. The molecule has 0 fully saturated rings. The van der Waals surface area contributed by atoms with E-state index < -0.39 is 5.60 Å². The minimum Gasteiger partial charge on any atom is -0.396 e. The normalized spacial score (nSPS) is 14.5. The minimum absolute atomic E-state index is 0.173. The van der Waals surface area contributed by atoms with Crippen molar-refractivity contribution in [3.63, 3.8) is 0 Å². The van der Waals surface area contributed by atoms with Crippen molar-refractivity contribution in [2.24, 2.45) is 0 Å². The van der Waals surface area contributed by atoms with Gasteiger partial charge in [-0.25, -0.2) is 0 Å². The molecule has 0 aromatic carbocycles. The number of rotatable bonds is 14. The van der Waals surface area contributed by atoms with Crippen LogP contribution in [0.15, 0.2) is 0 Å². The third-order valence-electron chi connectivity index (χ3n) is 3.75. The Morgan fingerprint density at radius 3 is 1.42 bits per heavy atom. The Balaban J connectivity index is 3.21. The Morgan fingerprint density at radius 1 is 0.579 bits per heavy atom. The molecule has 3 nitrogen and oxygen atoms in total. The first-order valence-electron chi connectivity index (χ1n) is 8.06. The molecule has 0 aromatic heterocycles. The summed E-state index contributed by atoms with van der Waals surface area (Å²) in [5.41, 5.74) is -0.590. The smallest absolute Gasteiger partial charge is 0.0620 e. The molecular formula is C16H34O3. The van der Waals surface area contributed by atoms with Crippen molar-refractivity contribution in [2.45, 2.75) is 89.6 Å². The van der Waals surface area contributed by atoms with E-state index in [4.69, 9.17) is 10.2 Å². The van der Waals surface area contributed by atoms with E-state index in [1.807, 2.05) is 6.92 Å². The average molecular weight is 274 g/mol. The molecule has 19 heavy (non-hydrogen) atoms. The zero-order valence-corrected chi connectivity index (χ0v) is 12.7. The van der Waals surface area contributed by atoms with Gasteiger partial charge in [-0.15, -0.1) is 0 Å². The van der Waals surface area contributed by atoms with Gasteiger partial charge in [0.15, 0.2) is 0 Å². The molecule has 1 atom stereocenters. The van der Waals surface area contributed by atoms with Crippen molar-refractivity contribution in [3.8, 4) is 0 Å². The molecule has 0 radical (unpaired) electrons. The van der Waals surface area contributed by atoms with E-state index in [9.17, 15) is 5.11 Å². The van der Waals surface area contributed by atoms with Gasteiger partial charge in [-0.3, -0.25) is 0 Å². The fourth-order valence-corrected chi connectivity index (χ4v) is 2.44. The lowest BCUT2D eigenvalue weighted by Gasteiger charge is -2.22. The van der Waals surface area contributed by atoms with Crippen molar-refractivity contribution < 1.29 is 15.3 Å². The third kappa shape index (κ3) is 14.1. The highest BCUT2D eigenvalue weighted by Gasteiger charge is 2.18. The Hall–Kier alpha value is -0.120. The highest BCUT2D eigenvalue weighted by molar-refractivity contribution is 4.71. The van der Waals surface area contributed by atoms with E-state index in [1.165, 1.54) is 38.5 Å². The molecule has 116 valence electrons. The van der Waals surface area contributed by atoms with Crippen molar-refractivity contribution in [1.82, 2.24) is 0 Å². The average Bonchev–Trinajstić information content (AvgIpc) is 2.38. The van der Waals surface area contributed by atoms with Crippen LogP contribution in [-0.4, -0.2) is 34.1 Å². The molecule has 0 spiro atoms. The lowest BCUT2D eigenvalue weighted by Crippen LogP contribution is -2.24. The number of hydrogen-bond acceptors (Lipinski definition) is 3. The van der Waals surface area contributed by atoms with Crippen molar-refractivity contribution in [2.75, 3.05) is 13.2 Å². The third-order valence-corrected chi connectivity index (χ3v) is 3.75. The van der Waals surface area contributed by atoms with Crippen LogP contribution in [0.4, 0.5) is 0 Å². The number of aliphatic hydroxyl groups is 3. The summed E-state index contributed by atoms with van der Waals surface area (Å²) in [5.74, 6) is 0. The highest BCUT2D eigenvalue weighted by atomic mass is 16.3. The molecule has 0 saturated carbocycles. The maximum absolute atomic E-state index is 10.0. The number of hydrogen-bond donors (Lipinski definition) is 3. The van der Waals surface area contributed by atoms with Crippen LogP contribution in [0.2, 0.25) is 0 Å². The van der Waals surface area contributed by atoms with Gasteiger partial charge in [0, 0.05) is 13.2 Å². The van der Waals surface area contributed by atoms with E-state index in [1.54, 1.807) is 0 Å². The molecular weight excluding hydrogens is 240 g/mol. The van der Waals surface area contributed by atoms with Crippen LogP contribution in [0.3, 0.4) is 0 Å². The predicted octanol–water partition coefficient (Wildman–Crippen LogP) is 3.40. The second-order valence-corrected chi connectivity index (χ2v) is 5.98. The topological polar surface area (TPSA) is 60.7 Å². The zero-order chi connectivity index (χ0) is 14.4. The van der Waals surface area contributed by atoms with Gasteiger partial charge >= 0.3 is 0 Å². The van der Waals surface area contributed by atoms with Gasteiger partial charge in [-0.2, -0.15) is 0 Å². The monoisotopic (exact) mass is 274 g/mol. The SMILES string of the molecule is CC(O)(CCCO)CCCCCCCCCCCO. The fourth-order valence-electron chi connectivity index (χ4n) is 2.44. The molecule has 3 N–H and O–H groups in total. The standard InChI is InChI=1S/C16H34O3/c1-16(19,13-11-15-18)12-9-7-5-3-2-4-6-8-10-14-17/h17-19H,2-15H2,1H3. The quantitative estimate of drug-likeness (QED) is 0.425.